The highest BCUT2D eigenvalue weighted by molar-refractivity contribution is 5.70. The van der Waals surface area contributed by atoms with Gasteiger partial charge in [-0.2, -0.15) is 0 Å². The molecule has 0 aliphatic heterocycles. The first-order valence-electron chi connectivity index (χ1n) is 10.6. The fraction of sp³-hybridized carbons (Fsp3) is 0.667. The summed E-state index contributed by atoms with van der Waals surface area (Å²) >= 11 is 0. The summed E-state index contributed by atoms with van der Waals surface area (Å²) in [5.41, 5.74) is 2.26. The van der Waals surface area contributed by atoms with Crippen LogP contribution in [0.25, 0.3) is 0 Å². The molecule has 4 unspecified atom stereocenters. The van der Waals surface area contributed by atoms with Crippen molar-refractivity contribution in [2.24, 2.45) is 11.3 Å². The molecule has 1 fully saturated rings. The second-order valence-corrected chi connectivity index (χ2v) is 9.98. The lowest BCUT2D eigenvalue weighted by molar-refractivity contribution is -0.174. The maximum absolute atomic E-state index is 11.9. The highest BCUT2D eigenvalue weighted by Crippen LogP contribution is 2.60. The quantitative estimate of drug-likeness (QED) is 0.581. The van der Waals surface area contributed by atoms with Crippen molar-refractivity contribution in [3.05, 3.63) is 28.8 Å². The SMILES string of the molecule is CC(=O)Oc1cc2c(cc1C(C)C)C(O)C(OC(C)=O)C1C(C)(C)CCCC21C. The van der Waals surface area contributed by atoms with Crippen LogP contribution < -0.4 is 4.74 Å². The summed E-state index contributed by atoms with van der Waals surface area (Å²) in [5.74, 6) is -0.0890. The molecule has 2 aliphatic rings. The number of esters is 2. The van der Waals surface area contributed by atoms with Crippen molar-refractivity contribution < 1.29 is 24.2 Å². The Bertz CT molecular complexity index is 825. The lowest BCUT2D eigenvalue weighted by Crippen LogP contribution is -2.57. The van der Waals surface area contributed by atoms with Crippen molar-refractivity contribution in [2.75, 3.05) is 0 Å². The highest BCUT2D eigenvalue weighted by atomic mass is 16.6. The zero-order valence-corrected chi connectivity index (χ0v) is 18.7. The predicted molar refractivity (Wildman–Crippen MR) is 111 cm³/mol. The normalized spacial score (nSPS) is 30.3. The van der Waals surface area contributed by atoms with Gasteiger partial charge >= 0.3 is 11.9 Å². The van der Waals surface area contributed by atoms with Gasteiger partial charge in [-0.3, -0.25) is 9.59 Å². The van der Waals surface area contributed by atoms with E-state index in [2.05, 4.69) is 20.8 Å². The number of aliphatic hydroxyl groups is 1. The number of rotatable bonds is 3. The number of aliphatic hydroxyl groups excluding tert-OH is 1. The second kappa shape index (κ2) is 7.42. The smallest absolute Gasteiger partial charge is 0.308 e. The van der Waals surface area contributed by atoms with Gasteiger partial charge < -0.3 is 14.6 Å². The van der Waals surface area contributed by atoms with Gasteiger partial charge in [-0.1, -0.05) is 41.0 Å². The minimum atomic E-state index is -0.909. The van der Waals surface area contributed by atoms with Crippen LogP contribution in [0.1, 0.15) is 96.4 Å². The van der Waals surface area contributed by atoms with Gasteiger partial charge in [0.25, 0.3) is 0 Å². The predicted octanol–water partition coefficient (Wildman–Crippen LogP) is 4.80. The van der Waals surface area contributed by atoms with Crippen LogP contribution in [0.3, 0.4) is 0 Å². The molecule has 4 atom stereocenters. The molecule has 1 aromatic carbocycles. The van der Waals surface area contributed by atoms with E-state index in [1.54, 1.807) is 0 Å². The monoisotopic (exact) mass is 402 g/mol. The molecule has 0 aromatic heterocycles. The average molecular weight is 403 g/mol. The summed E-state index contributed by atoms with van der Waals surface area (Å²) in [6.45, 7) is 13.5. The van der Waals surface area contributed by atoms with E-state index in [9.17, 15) is 14.7 Å². The first kappa shape index (κ1) is 21.8. The third-order valence-corrected chi connectivity index (χ3v) is 6.98. The van der Waals surface area contributed by atoms with E-state index in [1.807, 2.05) is 26.0 Å². The Labute approximate surface area is 173 Å². The maximum Gasteiger partial charge on any atom is 0.308 e. The molecule has 5 nitrogen and oxygen atoms in total. The lowest BCUT2D eigenvalue weighted by Gasteiger charge is -2.57. The van der Waals surface area contributed by atoms with E-state index < -0.39 is 12.2 Å². The van der Waals surface area contributed by atoms with Crippen molar-refractivity contribution in [3.63, 3.8) is 0 Å². The summed E-state index contributed by atoms with van der Waals surface area (Å²) < 4.78 is 11.3. The van der Waals surface area contributed by atoms with E-state index in [4.69, 9.17) is 9.47 Å². The Kier molecular flexibility index (Phi) is 5.59. The van der Waals surface area contributed by atoms with Crippen LogP contribution in [0, 0.1) is 11.3 Å². The molecule has 1 saturated carbocycles. The Hall–Kier alpha value is -1.88. The van der Waals surface area contributed by atoms with Crippen LogP contribution in [-0.2, 0) is 19.7 Å². The first-order valence-corrected chi connectivity index (χ1v) is 10.6. The van der Waals surface area contributed by atoms with Crippen LogP contribution in [0.5, 0.6) is 5.75 Å². The molecule has 0 amide bonds. The molecule has 2 aliphatic carbocycles. The Morgan fingerprint density at radius 1 is 1.10 bits per heavy atom. The largest absolute Gasteiger partial charge is 0.459 e. The number of ether oxygens (including phenoxy) is 2. The van der Waals surface area contributed by atoms with Crippen LogP contribution in [0.2, 0.25) is 0 Å². The van der Waals surface area contributed by atoms with Crippen LogP contribution in [-0.4, -0.2) is 23.1 Å². The molecule has 0 heterocycles. The lowest BCUT2D eigenvalue weighted by atomic mass is 9.49. The van der Waals surface area contributed by atoms with Gasteiger partial charge in [0.1, 0.15) is 18.0 Å². The maximum atomic E-state index is 11.9. The van der Waals surface area contributed by atoms with E-state index >= 15 is 0 Å². The summed E-state index contributed by atoms with van der Waals surface area (Å²) in [6, 6.07) is 3.90. The van der Waals surface area contributed by atoms with Crippen LogP contribution >= 0.6 is 0 Å². The summed E-state index contributed by atoms with van der Waals surface area (Å²) in [5, 5.41) is 11.3. The third-order valence-electron chi connectivity index (χ3n) is 6.98. The van der Waals surface area contributed by atoms with Crippen molar-refractivity contribution in [1.29, 1.82) is 0 Å². The Morgan fingerprint density at radius 3 is 2.31 bits per heavy atom. The molecule has 1 aromatic rings. The van der Waals surface area contributed by atoms with Gasteiger partial charge in [-0.25, -0.2) is 0 Å². The third kappa shape index (κ3) is 3.70. The minimum absolute atomic E-state index is 0.0368. The zero-order chi connectivity index (χ0) is 21.7. The molecule has 5 heteroatoms. The molecule has 29 heavy (non-hydrogen) atoms. The number of carbonyl (C=O) groups is 2. The van der Waals surface area contributed by atoms with Crippen molar-refractivity contribution in [1.82, 2.24) is 0 Å². The topological polar surface area (TPSA) is 72.8 Å². The van der Waals surface area contributed by atoms with E-state index in [-0.39, 0.29) is 34.6 Å². The van der Waals surface area contributed by atoms with E-state index in [1.165, 1.54) is 13.8 Å². The molecule has 0 bridgehead atoms. The number of hydrogen-bond donors (Lipinski definition) is 1. The molecule has 1 N–H and O–H groups in total. The van der Waals surface area contributed by atoms with Crippen molar-refractivity contribution in [3.8, 4) is 5.75 Å². The molecule has 0 spiro atoms. The van der Waals surface area contributed by atoms with Gasteiger partial charge in [0.05, 0.1) is 0 Å². The number of fused-ring (bicyclic) bond motifs is 3. The summed E-state index contributed by atoms with van der Waals surface area (Å²) in [4.78, 5) is 23.6. The molecule has 3 rings (SSSR count). The Balaban J connectivity index is 2.27. The number of carbonyl (C=O) groups excluding carboxylic acids is 2. The molecular weight excluding hydrogens is 368 g/mol. The average Bonchev–Trinajstić information content (AvgIpc) is 2.57. The van der Waals surface area contributed by atoms with Gasteiger partial charge in [0.2, 0.25) is 0 Å². The van der Waals surface area contributed by atoms with Gasteiger partial charge in [-0.05, 0) is 58.4 Å². The van der Waals surface area contributed by atoms with Crippen LogP contribution in [0.15, 0.2) is 12.1 Å². The highest BCUT2D eigenvalue weighted by Gasteiger charge is 2.58. The summed E-state index contributed by atoms with van der Waals surface area (Å²) in [7, 11) is 0. The standard InChI is InChI=1S/C24H34O5/c1-13(2)16-11-17-18(12-19(16)28-14(3)25)24(7)10-8-9-23(5,6)22(24)21(20(17)27)29-15(4)26/h11-13,20-22,27H,8-10H2,1-7H3. The molecule has 0 radical (unpaired) electrons. The number of benzene rings is 1. The van der Waals surface area contributed by atoms with Crippen LogP contribution in [0.4, 0.5) is 0 Å². The van der Waals surface area contributed by atoms with Gasteiger partial charge in [0, 0.05) is 19.8 Å². The van der Waals surface area contributed by atoms with Gasteiger partial charge in [0.15, 0.2) is 0 Å². The number of hydrogen-bond acceptors (Lipinski definition) is 5. The zero-order valence-electron chi connectivity index (χ0n) is 18.7. The summed E-state index contributed by atoms with van der Waals surface area (Å²) in [6.07, 6.45) is 1.48. The Morgan fingerprint density at radius 2 is 1.76 bits per heavy atom. The van der Waals surface area contributed by atoms with E-state index in [0.717, 1.165) is 36.0 Å². The fourth-order valence-electron chi connectivity index (χ4n) is 5.93. The molecular formula is C24H34O5. The van der Waals surface area contributed by atoms with Crippen molar-refractivity contribution >= 4 is 11.9 Å². The van der Waals surface area contributed by atoms with E-state index in [0.29, 0.717) is 5.75 Å². The fourth-order valence-corrected chi connectivity index (χ4v) is 5.93. The molecule has 0 saturated heterocycles. The molecule has 160 valence electrons. The van der Waals surface area contributed by atoms with Gasteiger partial charge in [-0.15, -0.1) is 0 Å². The van der Waals surface area contributed by atoms with Crippen molar-refractivity contribution in [2.45, 2.75) is 91.3 Å². The second-order valence-electron chi connectivity index (χ2n) is 9.98. The first-order chi connectivity index (χ1) is 13.4. The minimum Gasteiger partial charge on any atom is -0.459 e.